The summed E-state index contributed by atoms with van der Waals surface area (Å²) in [5.74, 6) is -1.11. The molecule has 0 amide bonds. The summed E-state index contributed by atoms with van der Waals surface area (Å²) in [6, 6.07) is 13.0. The molecule has 0 atom stereocenters. The summed E-state index contributed by atoms with van der Waals surface area (Å²) in [5.41, 5.74) is 2.43. The van der Waals surface area contributed by atoms with E-state index in [4.69, 9.17) is 4.74 Å². The van der Waals surface area contributed by atoms with Gasteiger partial charge in [0.05, 0.1) is 19.9 Å². The van der Waals surface area contributed by atoms with Gasteiger partial charge in [0.15, 0.2) is 0 Å². The van der Waals surface area contributed by atoms with Gasteiger partial charge in [0, 0.05) is 29.8 Å². The van der Waals surface area contributed by atoms with Gasteiger partial charge in [-0.3, -0.25) is 4.79 Å². The molecule has 31 heavy (non-hydrogen) atoms. The smallest absolute Gasteiger partial charge is 0.316 e. The van der Waals surface area contributed by atoms with Crippen molar-refractivity contribution in [2.24, 2.45) is 0 Å². The van der Waals surface area contributed by atoms with Crippen molar-refractivity contribution in [2.75, 3.05) is 12.4 Å². The number of halogens is 2. The molecule has 0 aliphatic rings. The molecule has 4 aromatic rings. The van der Waals surface area contributed by atoms with E-state index in [9.17, 15) is 13.6 Å². The molecule has 6 nitrogen and oxygen atoms in total. The SMILES string of the molecule is COc1cn(Cc2cc(F)cc(F)c2)c(Nc2cc(-n3cccc3)ccc2C)nc1=O. The van der Waals surface area contributed by atoms with Crippen LogP contribution in [-0.4, -0.2) is 21.2 Å². The van der Waals surface area contributed by atoms with E-state index < -0.39 is 17.2 Å². The van der Waals surface area contributed by atoms with E-state index in [1.165, 1.54) is 25.4 Å². The van der Waals surface area contributed by atoms with Crippen LogP contribution in [0.1, 0.15) is 11.1 Å². The van der Waals surface area contributed by atoms with Gasteiger partial charge in [-0.25, -0.2) is 8.78 Å². The van der Waals surface area contributed by atoms with E-state index in [0.717, 1.165) is 23.0 Å². The lowest BCUT2D eigenvalue weighted by Gasteiger charge is -2.17. The molecule has 0 aliphatic carbocycles. The van der Waals surface area contributed by atoms with E-state index >= 15 is 0 Å². The van der Waals surface area contributed by atoms with Crippen LogP contribution in [0.4, 0.5) is 20.4 Å². The van der Waals surface area contributed by atoms with Crippen molar-refractivity contribution >= 4 is 11.6 Å². The number of anilines is 2. The fraction of sp³-hybridized carbons (Fsp3) is 0.130. The normalized spacial score (nSPS) is 10.8. The third-order valence-electron chi connectivity index (χ3n) is 4.83. The van der Waals surface area contributed by atoms with Crippen LogP contribution < -0.4 is 15.6 Å². The van der Waals surface area contributed by atoms with Crippen LogP contribution in [0.2, 0.25) is 0 Å². The molecular weight excluding hydrogens is 402 g/mol. The van der Waals surface area contributed by atoms with E-state index in [2.05, 4.69) is 10.3 Å². The van der Waals surface area contributed by atoms with Crippen molar-refractivity contribution in [1.29, 1.82) is 0 Å². The molecule has 0 saturated carbocycles. The number of hydrogen-bond donors (Lipinski definition) is 1. The number of hydrogen-bond acceptors (Lipinski definition) is 4. The van der Waals surface area contributed by atoms with Crippen LogP contribution in [0.25, 0.3) is 5.69 Å². The summed E-state index contributed by atoms with van der Waals surface area (Å²) in [7, 11) is 1.36. The first-order valence-electron chi connectivity index (χ1n) is 9.54. The molecule has 0 radical (unpaired) electrons. The van der Waals surface area contributed by atoms with E-state index in [1.807, 2.05) is 54.2 Å². The van der Waals surface area contributed by atoms with Crippen LogP contribution in [0.3, 0.4) is 0 Å². The zero-order chi connectivity index (χ0) is 22.0. The minimum atomic E-state index is -0.680. The maximum Gasteiger partial charge on any atom is 0.316 e. The lowest BCUT2D eigenvalue weighted by atomic mass is 10.1. The molecule has 1 N–H and O–H groups in total. The fourth-order valence-electron chi connectivity index (χ4n) is 3.26. The van der Waals surface area contributed by atoms with E-state index in [-0.39, 0.29) is 18.2 Å². The second-order valence-corrected chi connectivity index (χ2v) is 7.06. The third kappa shape index (κ3) is 4.48. The summed E-state index contributed by atoms with van der Waals surface area (Å²) in [4.78, 5) is 16.4. The standard InChI is InChI=1S/C23H20F2N4O2/c1-15-5-6-19(28-7-3-4-8-28)12-20(15)26-23-27-22(30)21(31-2)14-29(23)13-16-9-17(24)11-18(25)10-16/h3-12,14H,13H2,1-2H3,(H,26,27,30). The molecular formula is C23H20F2N4O2. The Hall–Kier alpha value is -3.94. The molecule has 2 aromatic heterocycles. The van der Waals surface area contributed by atoms with Crippen LogP contribution in [0, 0.1) is 18.6 Å². The van der Waals surface area contributed by atoms with Gasteiger partial charge in [-0.15, -0.1) is 0 Å². The summed E-state index contributed by atoms with van der Waals surface area (Å²) in [6.45, 7) is 2.01. The van der Waals surface area contributed by atoms with Gasteiger partial charge in [0.1, 0.15) is 11.6 Å². The van der Waals surface area contributed by atoms with Crippen molar-refractivity contribution in [3.63, 3.8) is 0 Å². The van der Waals surface area contributed by atoms with Crippen LogP contribution >= 0.6 is 0 Å². The number of aromatic nitrogens is 3. The Kier molecular flexibility index (Phi) is 5.53. The topological polar surface area (TPSA) is 61.1 Å². The molecule has 4 rings (SSSR count). The lowest BCUT2D eigenvalue weighted by Crippen LogP contribution is -2.19. The molecule has 8 heteroatoms. The third-order valence-corrected chi connectivity index (χ3v) is 4.83. The summed E-state index contributed by atoms with van der Waals surface area (Å²) in [5, 5.41) is 3.18. The predicted octanol–water partition coefficient (Wildman–Crippen LogP) is 4.42. The summed E-state index contributed by atoms with van der Waals surface area (Å²) in [6.07, 6.45) is 5.31. The van der Waals surface area contributed by atoms with Crippen molar-refractivity contribution in [2.45, 2.75) is 13.5 Å². The average molecular weight is 422 g/mol. The fourth-order valence-corrected chi connectivity index (χ4v) is 3.26. The van der Waals surface area contributed by atoms with Crippen molar-refractivity contribution in [3.05, 3.63) is 100 Å². The van der Waals surface area contributed by atoms with E-state index in [0.29, 0.717) is 5.56 Å². The minimum absolute atomic E-state index is 0.0280. The maximum absolute atomic E-state index is 13.7. The van der Waals surface area contributed by atoms with Crippen molar-refractivity contribution in [1.82, 2.24) is 14.1 Å². The Labute approximate surface area is 177 Å². The molecule has 0 saturated heterocycles. The summed E-state index contributed by atoms with van der Waals surface area (Å²) >= 11 is 0. The second-order valence-electron chi connectivity index (χ2n) is 7.06. The van der Waals surface area contributed by atoms with Gasteiger partial charge < -0.3 is 19.2 Å². The Morgan fingerprint density at radius 3 is 2.45 bits per heavy atom. The number of benzene rings is 2. The first kappa shape index (κ1) is 20.3. The number of methoxy groups -OCH3 is 1. The molecule has 158 valence electrons. The van der Waals surface area contributed by atoms with Gasteiger partial charge in [-0.05, 0) is 54.4 Å². The molecule has 2 aromatic carbocycles. The summed E-state index contributed by atoms with van der Waals surface area (Å²) < 4.78 is 35.9. The number of rotatable bonds is 6. The second kappa shape index (κ2) is 8.43. The quantitative estimate of drug-likeness (QED) is 0.500. The van der Waals surface area contributed by atoms with Gasteiger partial charge >= 0.3 is 5.56 Å². The highest BCUT2D eigenvalue weighted by Crippen LogP contribution is 2.24. The number of ether oxygens (including phenoxy) is 1. The zero-order valence-electron chi connectivity index (χ0n) is 17.0. The molecule has 0 spiro atoms. The van der Waals surface area contributed by atoms with Gasteiger partial charge in [0.25, 0.3) is 0 Å². The lowest BCUT2D eigenvalue weighted by molar-refractivity contribution is 0.402. The highest BCUT2D eigenvalue weighted by molar-refractivity contribution is 5.62. The van der Waals surface area contributed by atoms with Gasteiger partial charge in [-0.2, -0.15) is 4.98 Å². The molecule has 0 aliphatic heterocycles. The monoisotopic (exact) mass is 422 g/mol. The van der Waals surface area contributed by atoms with E-state index in [1.54, 1.807) is 4.57 Å². The highest BCUT2D eigenvalue weighted by Gasteiger charge is 2.13. The van der Waals surface area contributed by atoms with Crippen LogP contribution in [0.15, 0.2) is 71.9 Å². The number of nitrogens with one attached hydrogen (secondary N) is 1. The molecule has 2 heterocycles. The minimum Gasteiger partial charge on any atom is -0.490 e. The van der Waals surface area contributed by atoms with Crippen LogP contribution in [-0.2, 0) is 6.54 Å². The van der Waals surface area contributed by atoms with Crippen molar-refractivity contribution < 1.29 is 13.5 Å². The van der Waals surface area contributed by atoms with Crippen molar-refractivity contribution in [3.8, 4) is 11.4 Å². The Bertz CT molecular complexity index is 1260. The first-order chi connectivity index (χ1) is 14.9. The first-order valence-corrected chi connectivity index (χ1v) is 9.54. The Morgan fingerprint density at radius 2 is 1.77 bits per heavy atom. The number of nitrogens with zero attached hydrogens (tertiary/aromatic N) is 3. The zero-order valence-corrected chi connectivity index (χ0v) is 17.0. The number of aryl methyl sites for hydroxylation is 1. The van der Waals surface area contributed by atoms with Gasteiger partial charge in [-0.1, -0.05) is 6.07 Å². The Balaban J connectivity index is 1.75. The largest absolute Gasteiger partial charge is 0.490 e. The Morgan fingerprint density at radius 1 is 1.06 bits per heavy atom. The average Bonchev–Trinajstić information content (AvgIpc) is 3.25. The molecule has 0 unspecified atom stereocenters. The predicted molar refractivity (Wildman–Crippen MR) is 114 cm³/mol. The van der Waals surface area contributed by atoms with Crippen LogP contribution in [0.5, 0.6) is 5.75 Å². The van der Waals surface area contributed by atoms with Gasteiger partial charge in [0.2, 0.25) is 11.7 Å². The highest BCUT2D eigenvalue weighted by atomic mass is 19.1. The molecule has 0 bridgehead atoms. The maximum atomic E-state index is 13.7. The molecule has 0 fully saturated rings.